The summed E-state index contributed by atoms with van der Waals surface area (Å²) in [5.74, 6) is 1.59. The lowest BCUT2D eigenvalue weighted by Crippen LogP contribution is -2.38. The molecule has 0 spiro atoms. The van der Waals surface area contributed by atoms with Crippen molar-refractivity contribution in [3.63, 3.8) is 0 Å². The molecule has 0 saturated carbocycles. The maximum Gasteiger partial charge on any atom is 0.161 e. The molecule has 2 atom stereocenters. The number of ether oxygens (including phenoxy) is 2. The molecule has 0 fully saturated rings. The first kappa shape index (κ1) is 13.0. The summed E-state index contributed by atoms with van der Waals surface area (Å²) in [6.07, 6.45) is 3.01. The van der Waals surface area contributed by atoms with E-state index in [0.717, 1.165) is 17.9 Å². The molecule has 2 rings (SSSR count). The number of hydrogen-bond donors (Lipinski definition) is 0. The third kappa shape index (κ3) is 1.99. The molecule has 3 heteroatoms. The normalized spacial score (nSPS) is 23.3. The van der Waals surface area contributed by atoms with Gasteiger partial charge in [0.1, 0.15) is 0 Å². The Kier molecular flexibility index (Phi) is 3.62. The van der Waals surface area contributed by atoms with Gasteiger partial charge >= 0.3 is 0 Å². The van der Waals surface area contributed by atoms with Crippen molar-refractivity contribution in [2.45, 2.75) is 25.4 Å². The molecule has 0 amide bonds. The Hall–Kier alpha value is -1.48. The smallest absolute Gasteiger partial charge is 0.161 e. The summed E-state index contributed by atoms with van der Waals surface area (Å²) in [7, 11) is 5.48. The highest BCUT2D eigenvalue weighted by Gasteiger charge is 2.28. The standard InChI is InChI=1S/C15H21NO2/c1-6-13-12-9-15(18-5)14(17-4)8-11(12)7-10(2)16(13)3/h6,8-10,13H,1,7H2,2-5H3. The number of hydrogen-bond acceptors (Lipinski definition) is 3. The molecule has 1 aromatic carbocycles. The van der Waals surface area contributed by atoms with Crippen LogP contribution in [0.2, 0.25) is 0 Å². The SMILES string of the molecule is C=CC1c2cc(OC)c(OC)cc2CC(C)N1C. The maximum atomic E-state index is 5.38. The zero-order chi connectivity index (χ0) is 13.3. The predicted octanol–water partition coefficient (Wildman–Crippen LogP) is 2.81. The van der Waals surface area contributed by atoms with Crippen molar-refractivity contribution in [3.05, 3.63) is 35.9 Å². The van der Waals surface area contributed by atoms with Gasteiger partial charge in [0.2, 0.25) is 0 Å². The van der Waals surface area contributed by atoms with Gasteiger partial charge in [0.25, 0.3) is 0 Å². The van der Waals surface area contributed by atoms with Crippen molar-refractivity contribution >= 4 is 0 Å². The quantitative estimate of drug-likeness (QED) is 0.767. The van der Waals surface area contributed by atoms with Gasteiger partial charge < -0.3 is 9.47 Å². The highest BCUT2D eigenvalue weighted by atomic mass is 16.5. The van der Waals surface area contributed by atoms with Crippen molar-refractivity contribution in [1.29, 1.82) is 0 Å². The first-order valence-corrected chi connectivity index (χ1v) is 6.21. The molecule has 3 nitrogen and oxygen atoms in total. The Bertz CT molecular complexity index is 456. The van der Waals surface area contributed by atoms with E-state index in [1.807, 2.05) is 6.08 Å². The zero-order valence-corrected chi connectivity index (χ0v) is 11.6. The van der Waals surface area contributed by atoms with E-state index >= 15 is 0 Å². The molecule has 1 aromatic rings. The van der Waals surface area contributed by atoms with Crippen LogP contribution < -0.4 is 9.47 Å². The summed E-state index contributed by atoms with van der Waals surface area (Å²) in [6.45, 7) is 6.18. The van der Waals surface area contributed by atoms with Crippen LogP contribution in [0.4, 0.5) is 0 Å². The molecule has 98 valence electrons. The lowest BCUT2D eigenvalue weighted by molar-refractivity contribution is 0.198. The van der Waals surface area contributed by atoms with Crippen molar-refractivity contribution in [2.24, 2.45) is 0 Å². The second-order valence-electron chi connectivity index (χ2n) is 4.81. The lowest BCUT2D eigenvalue weighted by Gasteiger charge is -2.38. The minimum absolute atomic E-state index is 0.239. The van der Waals surface area contributed by atoms with Gasteiger partial charge in [-0.2, -0.15) is 0 Å². The van der Waals surface area contributed by atoms with Crippen LogP contribution in [0, 0.1) is 0 Å². The molecular formula is C15H21NO2. The summed E-state index contributed by atoms with van der Waals surface area (Å²) in [6, 6.07) is 4.90. The first-order valence-electron chi connectivity index (χ1n) is 6.21. The van der Waals surface area contributed by atoms with Crippen molar-refractivity contribution in [3.8, 4) is 11.5 Å². The number of rotatable bonds is 3. The van der Waals surface area contributed by atoms with Gasteiger partial charge in [-0.15, -0.1) is 6.58 Å². The van der Waals surface area contributed by atoms with E-state index in [0.29, 0.717) is 6.04 Å². The average Bonchev–Trinajstić information content (AvgIpc) is 2.39. The van der Waals surface area contributed by atoms with Gasteiger partial charge in [0.05, 0.1) is 20.3 Å². The van der Waals surface area contributed by atoms with Gasteiger partial charge in [-0.05, 0) is 43.7 Å². The van der Waals surface area contributed by atoms with Crippen LogP contribution in [0.3, 0.4) is 0 Å². The minimum atomic E-state index is 0.239. The van der Waals surface area contributed by atoms with E-state index in [-0.39, 0.29) is 6.04 Å². The van der Waals surface area contributed by atoms with Crippen LogP contribution in [-0.2, 0) is 6.42 Å². The molecule has 0 N–H and O–H groups in total. The van der Waals surface area contributed by atoms with Crippen LogP contribution in [0.25, 0.3) is 0 Å². The van der Waals surface area contributed by atoms with Gasteiger partial charge in [-0.25, -0.2) is 0 Å². The van der Waals surface area contributed by atoms with Gasteiger partial charge in [-0.1, -0.05) is 6.08 Å². The summed E-state index contributed by atoms with van der Waals surface area (Å²) in [4.78, 5) is 2.33. The van der Waals surface area contributed by atoms with Crippen molar-refractivity contribution in [2.75, 3.05) is 21.3 Å². The van der Waals surface area contributed by atoms with Crippen LogP contribution in [0.5, 0.6) is 11.5 Å². The fourth-order valence-corrected chi connectivity index (χ4v) is 2.64. The van der Waals surface area contributed by atoms with Crippen LogP contribution in [0.15, 0.2) is 24.8 Å². The fourth-order valence-electron chi connectivity index (χ4n) is 2.64. The number of likely N-dealkylation sites (N-methyl/N-ethyl adjacent to an activating group) is 1. The molecule has 0 aliphatic carbocycles. The molecular weight excluding hydrogens is 226 g/mol. The Balaban J connectivity index is 2.54. The monoisotopic (exact) mass is 247 g/mol. The Morgan fingerprint density at radius 1 is 1.28 bits per heavy atom. The van der Waals surface area contributed by atoms with E-state index in [9.17, 15) is 0 Å². The fraction of sp³-hybridized carbons (Fsp3) is 0.467. The Labute approximate surface area is 109 Å². The third-order valence-electron chi connectivity index (χ3n) is 3.84. The van der Waals surface area contributed by atoms with E-state index in [1.54, 1.807) is 14.2 Å². The highest BCUT2D eigenvalue weighted by molar-refractivity contribution is 5.50. The van der Waals surface area contributed by atoms with Crippen LogP contribution in [-0.4, -0.2) is 32.2 Å². The molecule has 1 heterocycles. The Morgan fingerprint density at radius 2 is 1.89 bits per heavy atom. The average molecular weight is 247 g/mol. The van der Waals surface area contributed by atoms with Gasteiger partial charge in [0, 0.05) is 6.04 Å². The molecule has 0 radical (unpaired) electrons. The van der Waals surface area contributed by atoms with Crippen LogP contribution in [0.1, 0.15) is 24.1 Å². The summed E-state index contributed by atoms with van der Waals surface area (Å²) >= 11 is 0. The first-order chi connectivity index (χ1) is 8.62. The van der Waals surface area contributed by atoms with E-state index in [1.165, 1.54) is 11.1 Å². The third-order valence-corrected chi connectivity index (χ3v) is 3.84. The molecule has 0 saturated heterocycles. The molecule has 2 unspecified atom stereocenters. The lowest BCUT2D eigenvalue weighted by atomic mass is 9.88. The second-order valence-corrected chi connectivity index (χ2v) is 4.81. The summed E-state index contributed by atoms with van der Waals surface area (Å²) in [5, 5.41) is 0. The highest BCUT2D eigenvalue weighted by Crippen LogP contribution is 2.39. The second kappa shape index (κ2) is 5.02. The largest absolute Gasteiger partial charge is 0.493 e. The van der Waals surface area contributed by atoms with Crippen molar-refractivity contribution in [1.82, 2.24) is 4.90 Å². The molecule has 0 aromatic heterocycles. The predicted molar refractivity (Wildman–Crippen MR) is 73.4 cm³/mol. The molecule has 1 aliphatic rings. The molecule has 0 bridgehead atoms. The van der Waals surface area contributed by atoms with E-state index < -0.39 is 0 Å². The van der Waals surface area contributed by atoms with Crippen LogP contribution >= 0.6 is 0 Å². The number of benzene rings is 1. The van der Waals surface area contributed by atoms with Gasteiger partial charge in [-0.3, -0.25) is 4.90 Å². The number of nitrogens with zero attached hydrogens (tertiary/aromatic N) is 1. The summed E-state index contributed by atoms with van der Waals surface area (Å²) < 4.78 is 10.7. The van der Waals surface area contributed by atoms with Crippen molar-refractivity contribution < 1.29 is 9.47 Å². The van der Waals surface area contributed by atoms with Gasteiger partial charge in [0.15, 0.2) is 11.5 Å². The molecule has 1 aliphatic heterocycles. The topological polar surface area (TPSA) is 21.7 Å². The zero-order valence-electron chi connectivity index (χ0n) is 11.6. The number of fused-ring (bicyclic) bond motifs is 1. The Morgan fingerprint density at radius 3 is 2.44 bits per heavy atom. The van der Waals surface area contributed by atoms with E-state index in [2.05, 4.69) is 37.6 Å². The van der Waals surface area contributed by atoms with E-state index in [4.69, 9.17) is 9.47 Å². The minimum Gasteiger partial charge on any atom is -0.493 e. The maximum absolute atomic E-state index is 5.38. The summed E-state index contributed by atoms with van der Waals surface area (Å²) in [5.41, 5.74) is 2.59. The molecule has 18 heavy (non-hydrogen) atoms. The number of methoxy groups -OCH3 is 2.